The van der Waals surface area contributed by atoms with Gasteiger partial charge in [-0.2, -0.15) is 0 Å². The summed E-state index contributed by atoms with van der Waals surface area (Å²) in [6.07, 6.45) is 4.82. The van der Waals surface area contributed by atoms with Gasteiger partial charge in [0.2, 0.25) is 0 Å². The molecular weight excluding hydrogens is 425 g/mol. The zero-order valence-electron chi connectivity index (χ0n) is 13.5. The zero-order chi connectivity index (χ0) is 15.8. The molecule has 1 aromatic carbocycles. The fourth-order valence-electron chi connectivity index (χ4n) is 2.61. The van der Waals surface area contributed by atoms with Crippen LogP contribution in [-0.2, 0) is 9.84 Å². The van der Waals surface area contributed by atoms with Gasteiger partial charge in [0, 0.05) is 12.6 Å². The van der Waals surface area contributed by atoms with E-state index in [1.807, 2.05) is 13.0 Å². The van der Waals surface area contributed by atoms with E-state index in [4.69, 9.17) is 0 Å². The van der Waals surface area contributed by atoms with E-state index in [9.17, 15) is 8.42 Å². The first kappa shape index (κ1) is 20.2. The van der Waals surface area contributed by atoms with Crippen molar-refractivity contribution in [2.45, 2.75) is 43.5 Å². The van der Waals surface area contributed by atoms with Crippen LogP contribution in [0, 0.1) is 0 Å². The molecule has 0 radical (unpaired) electrons. The standard InChI is InChI=1S/C16H25N3O2S.HI/c1-2-17-16(19-14-8-6-7-9-14)18-12-13-22(20,21)15-10-4-3-5-11-15;/h3-5,10-11,14H,2,6-9,12-13H2,1H3,(H2,17,18,19);1H. The van der Waals surface area contributed by atoms with Crippen LogP contribution in [0.4, 0.5) is 0 Å². The molecule has 0 bridgehead atoms. The molecule has 0 atom stereocenters. The number of rotatable bonds is 6. The van der Waals surface area contributed by atoms with Crippen LogP contribution in [0.15, 0.2) is 40.2 Å². The molecule has 1 aliphatic carbocycles. The third-order valence-corrected chi connectivity index (χ3v) is 5.48. The molecule has 1 saturated carbocycles. The van der Waals surface area contributed by atoms with Gasteiger partial charge in [0.15, 0.2) is 15.8 Å². The predicted octanol–water partition coefficient (Wildman–Crippen LogP) is 2.58. The average Bonchev–Trinajstić information content (AvgIpc) is 3.01. The zero-order valence-corrected chi connectivity index (χ0v) is 16.6. The molecule has 1 fully saturated rings. The Bertz CT molecular complexity index is 585. The summed E-state index contributed by atoms with van der Waals surface area (Å²) in [4.78, 5) is 4.76. The van der Waals surface area contributed by atoms with E-state index in [0.29, 0.717) is 10.9 Å². The second kappa shape index (κ2) is 10.1. The second-order valence-electron chi connectivity index (χ2n) is 5.52. The molecule has 5 nitrogen and oxygen atoms in total. The van der Waals surface area contributed by atoms with E-state index in [2.05, 4.69) is 15.6 Å². The lowest BCUT2D eigenvalue weighted by molar-refractivity contribution is 0.595. The summed E-state index contributed by atoms with van der Waals surface area (Å²) in [5.41, 5.74) is 0. The monoisotopic (exact) mass is 451 g/mol. The third-order valence-electron chi connectivity index (χ3n) is 3.77. The number of benzene rings is 1. The van der Waals surface area contributed by atoms with Crippen molar-refractivity contribution in [3.05, 3.63) is 30.3 Å². The van der Waals surface area contributed by atoms with E-state index in [-0.39, 0.29) is 36.3 Å². The van der Waals surface area contributed by atoms with Crippen molar-refractivity contribution >= 4 is 39.8 Å². The number of guanidine groups is 1. The van der Waals surface area contributed by atoms with Crippen LogP contribution in [0.3, 0.4) is 0 Å². The normalized spacial score (nSPS) is 16.0. The lowest BCUT2D eigenvalue weighted by Crippen LogP contribution is -2.42. The molecule has 23 heavy (non-hydrogen) atoms. The third kappa shape index (κ3) is 6.66. The molecule has 130 valence electrons. The minimum absolute atomic E-state index is 0. The number of aliphatic imine (C=N–C) groups is 1. The van der Waals surface area contributed by atoms with Crippen LogP contribution < -0.4 is 10.6 Å². The van der Waals surface area contributed by atoms with Crippen LogP contribution in [0.2, 0.25) is 0 Å². The van der Waals surface area contributed by atoms with E-state index in [1.165, 1.54) is 12.8 Å². The Morgan fingerprint density at radius 1 is 1.22 bits per heavy atom. The molecule has 7 heteroatoms. The molecule has 0 unspecified atom stereocenters. The smallest absolute Gasteiger partial charge is 0.191 e. The maximum Gasteiger partial charge on any atom is 0.191 e. The first-order valence-corrected chi connectivity index (χ1v) is 9.59. The molecule has 0 aromatic heterocycles. The SMILES string of the molecule is CCNC(=NCCS(=O)(=O)c1ccccc1)NC1CCCC1.I. The van der Waals surface area contributed by atoms with E-state index >= 15 is 0 Å². The molecule has 1 aliphatic rings. The minimum atomic E-state index is -3.26. The van der Waals surface area contributed by atoms with Gasteiger partial charge in [-0.1, -0.05) is 31.0 Å². The lowest BCUT2D eigenvalue weighted by atomic mass is 10.2. The van der Waals surface area contributed by atoms with E-state index in [0.717, 1.165) is 25.3 Å². The van der Waals surface area contributed by atoms with Crippen LogP contribution in [-0.4, -0.2) is 39.3 Å². The van der Waals surface area contributed by atoms with Gasteiger partial charge >= 0.3 is 0 Å². The number of nitrogens with one attached hydrogen (secondary N) is 2. The molecule has 0 heterocycles. The summed E-state index contributed by atoms with van der Waals surface area (Å²) >= 11 is 0. The first-order chi connectivity index (χ1) is 10.6. The Morgan fingerprint density at radius 2 is 1.87 bits per heavy atom. The molecule has 0 spiro atoms. The highest BCUT2D eigenvalue weighted by Gasteiger charge is 2.16. The number of hydrogen-bond acceptors (Lipinski definition) is 3. The van der Waals surface area contributed by atoms with Crippen LogP contribution >= 0.6 is 24.0 Å². The maximum atomic E-state index is 12.2. The van der Waals surface area contributed by atoms with Gasteiger partial charge < -0.3 is 10.6 Å². The summed E-state index contributed by atoms with van der Waals surface area (Å²) in [6, 6.07) is 9.00. The molecular formula is C16H26IN3O2S. The number of hydrogen-bond donors (Lipinski definition) is 2. The Kier molecular flexibility index (Phi) is 8.90. The van der Waals surface area contributed by atoms with Gasteiger partial charge in [-0.25, -0.2) is 8.42 Å². The predicted molar refractivity (Wildman–Crippen MR) is 105 cm³/mol. The highest BCUT2D eigenvalue weighted by Crippen LogP contribution is 2.17. The van der Waals surface area contributed by atoms with Crippen molar-refractivity contribution in [3.63, 3.8) is 0 Å². The van der Waals surface area contributed by atoms with Gasteiger partial charge in [0.25, 0.3) is 0 Å². The quantitative estimate of drug-likeness (QED) is 0.396. The molecule has 1 aromatic rings. The van der Waals surface area contributed by atoms with E-state index in [1.54, 1.807) is 24.3 Å². The van der Waals surface area contributed by atoms with Crippen LogP contribution in [0.5, 0.6) is 0 Å². The van der Waals surface area contributed by atoms with Crippen molar-refractivity contribution in [3.8, 4) is 0 Å². The summed E-state index contributed by atoms with van der Waals surface area (Å²) in [5.74, 6) is 0.746. The van der Waals surface area contributed by atoms with Gasteiger partial charge in [-0.15, -0.1) is 24.0 Å². The summed E-state index contributed by atoms with van der Waals surface area (Å²) in [5, 5.41) is 6.57. The Labute approximate surface area is 156 Å². The van der Waals surface area contributed by atoms with Crippen LogP contribution in [0.25, 0.3) is 0 Å². The van der Waals surface area contributed by atoms with E-state index < -0.39 is 9.84 Å². The van der Waals surface area contributed by atoms with Gasteiger partial charge in [-0.05, 0) is 31.9 Å². The largest absolute Gasteiger partial charge is 0.357 e. The second-order valence-corrected chi connectivity index (χ2v) is 7.63. The number of halogens is 1. The molecule has 0 saturated heterocycles. The van der Waals surface area contributed by atoms with Crippen molar-refractivity contribution in [1.29, 1.82) is 0 Å². The maximum absolute atomic E-state index is 12.2. The Morgan fingerprint density at radius 3 is 2.48 bits per heavy atom. The summed E-state index contributed by atoms with van der Waals surface area (Å²) in [7, 11) is -3.26. The lowest BCUT2D eigenvalue weighted by Gasteiger charge is -2.16. The summed E-state index contributed by atoms with van der Waals surface area (Å²) < 4.78 is 24.4. The fraction of sp³-hybridized carbons (Fsp3) is 0.562. The van der Waals surface area contributed by atoms with Crippen molar-refractivity contribution < 1.29 is 8.42 Å². The van der Waals surface area contributed by atoms with Gasteiger partial charge in [-0.3, -0.25) is 4.99 Å². The molecule has 2 N–H and O–H groups in total. The topological polar surface area (TPSA) is 70.6 Å². The molecule has 2 rings (SSSR count). The molecule has 0 aliphatic heterocycles. The highest BCUT2D eigenvalue weighted by molar-refractivity contribution is 14.0. The Hall–Kier alpha value is -0.830. The summed E-state index contributed by atoms with van der Waals surface area (Å²) in [6.45, 7) is 3.04. The molecule has 0 amide bonds. The van der Waals surface area contributed by atoms with Gasteiger partial charge in [0.1, 0.15) is 0 Å². The fourth-order valence-corrected chi connectivity index (χ4v) is 3.75. The van der Waals surface area contributed by atoms with Crippen molar-refractivity contribution in [2.75, 3.05) is 18.8 Å². The Balaban J connectivity index is 0.00000264. The van der Waals surface area contributed by atoms with Crippen molar-refractivity contribution in [1.82, 2.24) is 10.6 Å². The minimum Gasteiger partial charge on any atom is -0.357 e. The average molecular weight is 451 g/mol. The first-order valence-electron chi connectivity index (χ1n) is 7.94. The van der Waals surface area contributed by atoms with Gasteiger partial charge in [0.05, 0.1) is 17.2 Å². The van der Waals surface area contributed by atoms with Crippen molar-refractivity contribution in [2.24, 2.45) is 4.99 Å². The van der Waals surface area contributed by atoms with Crippen LogP contribution in [0.1, 0.15) is 32.6 Å². The number of sulfone groups is 1. The highest BCUT2D eigenvalue weighted by atomic mass is 127. The number of nitrogens with zero attached hydrogens (tertiary/aromatic N) is 1.